The maximum absolute atomic E-state index is 12.9. The number of esters is 1. The molecule has 0 unspecified atom stereocenters. The first kappa shape index (κ1) is 29.2. The zero-order valence-corrected chi connectivity index (χ0v) is 26.3. The summed E-state index contributed by atoms with van der Waals surface area (Å²) in [4.78, 5) is 25.5. The number of carboxylic acid groups (broad SMARTS) is 1. The summed E-state index contributed by atoms with van der Waals surface area (Å²) < 4.78 is 6.18. The van der Waals surface area contributed by atoms with Crippen LogP contribution < -0.4 is 0 Å². The van der Waals surface area contributed by atoms with E-state index in [4.69, 9.17) is 4.74 Å². The summed E-state index contributed by atoms with van der Waals surface area (Å²) in [5.74, 6) is 0.931. The molecule has 0 spiro atoms. The van der Waals surface area contributed by atoms with Crippen LogP contribution in [0.15, 0.2) is 11.6 Å². The van der Waals surface area contributed by atoms with Crippen LogP contribution in [0.4, 0.5) is 0 Å². The highest BCUT2D eigenvalue weighted by atomic mass is 16.5. The van der Waals surface area contributed by atoms with Crippen molar-refractivity contribution in [2.45, 2.75) is 145 Å². The fourth-order valence-electron chi connectivity index (χ4n) is 11.4. The maximum Gasteiger partial charge on any atom is 0.313 e. The molecule has 8 atom stereocenters. The summed E-state index contributed by atoms with van der Waals surface area (Å²) in [7, 11) is 0. The Kier molecular flexibility index (Phi) is 6.99. The number of hydrogen-bond donors (Lipinski definition) is 1. The van der Waals surface area contributed by atoms with Gasteiger partial charge in [-0.05, 0) is 110 Å². The maximum atomic E-state index is 12.9. The van der Waals surface area contributed by atoms with E-state index in [0.29, 0.717) is 24.2 Å². The normalized spacial score (nSPS) is 46.0. The number of unbranched alkanes of at least 4 members (excludes halogenated alkanes) is 1. The van der Waals surface area contributed by atoms with Gasteiger partial charge in [0.2, 0.25) is 0 Å². The molecule has 0 amide bonds. The molecule has 0 aromatic rings. The number of hydrogen-bond acceptors (Lipinski definition) is 3. The monoisotopic (exact) mass is 540 g/mol. The lowest BCUT2D eigenvalue weighted by atomic mass is 9.32. The second-order valence-electron chi connectivity index (χ2n) is 16.5. The number of carbonyl (C=O) groups is 2. The van der Waals surface area contributed by atoms with Gasteiger partial charge in [-0.1, -0.05) is 73.5 Å². The number of fused-ring (bicyclic) bond motifs is 7. The van der Waals surface area contributed by atoms with Crippen molar-refractivity contribution in [2.24, 2.45) is 50.2 Å². The van der Waals surface area contributed by atoms with Crippen molar-refractivity contribution < 1.29 is 19.4 Å². The Morgan fingerprint density at radius 3 is 2.21 bits per heavy atom. The van der Waals surface area contributed by atoms with E-state index in [0.717, 1.165) is 57.8 Å². The molecular weight excluding hydrogens is 484 g/mol. The Morgan fingerprint density at radius 1 is 0.846 bits per heavy atom. The van der Waals surface area contributed by atoms with E-state index in [1.807, 2.05) is 0 Å². The van der Waals surface area contributed by atoms with Crippen molar-refractivity contribution in [3.63, 3.8) is 0 Å². The van der Waals surface area contributed by atoms with Crippen LogP contribution in [0.2, 0.25) is 0 Å². The highest BCUT2D eigenvalue weighted by Gasteiger charge is 2.70. The number of aliphatic carboxylic acids is 1. The third-order valence-corrected chi connectivity index (χ3v) is 14.0. The molecule has 0 aliphatic heterocycles. The van der Waals surface area contributed by atoms with Gasteiger partial charge in [0.15, 0.2) is 0 Å². The molecule has 0 aromatic carbocycles. The molecule has 220 valence electrons. The van der Waals surface area contributed by atoms with E-state index in [1.54, 1.807) is 0 Å². The van der Waals surface area contributed by atoms with E-state index in [-0.39, 0.29) is 39.1 Å². The van der Waals surface area contributed by atoms with Gasteiger partial charge in [0, 0.05) is 11.8 Å². The smallest absolute Gasteiger partial charge is 0.313 e. The van der Waals surface area contributed by atoms with Gasteiger partial charge < -0.3 is 9.84 Å². The van der Waals surface area contributed by atoms with Gasteiger partial charge in [0.1, 0.15) is 6.10 Å². The van der Waals surface area contributed by atoms with Gasteiger partial charge in [-0.15, -0.1) is 0 Å². The molecule has 5 aliphatic rings. The minimum atomic E-state index is -0.647. The molecule has 4 fully saturated rings. The van der Waals surface area contributed by atoms with Crippen molar-refractivity contribution in [2.75, 3.05) is 0 Å². The lowest BCUT2D eigenvalue weighted by molar-refractivity contribution is -0.234. The highest BCUT2D eigenvalue weighted by Crippen LogP contribution is 2.76. The van der Waals surface area contributed by atoms with E-state index in [2.05, 4.69) is 61.5 Å². The van der Waals surface area contributed by atoms with Crippen LogP contribution >= 0.6 is 0 Å². The topological polar surface area (TPSA) is 63.6 Å². The summed E-state index contributed by atoms with van der Waals surface area (Å²) >= 11 is 0. The van der Waals surface area contributed by atoms with E-state index >= 15 is 0 Å². The van der Waals surface area contributed by atoms with Crippen molar-refractivity contribution in [1.82, 2.24) is 0 Å². The zero-order chi connectivity index (χ0) is 28.6. The number of carboxylic acids is 1. The van der Waals surface area contributed by atoms with Crippen LogP contribution in [0.5, 0.6) is 0 Å². The molecule has 0 bridgehead atoms. The quantitative estimate of drug-likeness (QED) is 0.279. The first-order valence-electron chi connectivity index (χ1n) is 16.2. The Bertz CT molecular complexity index is 1040. The fraction of sp³-hybridized carbons (Fsp3) is 0.886. The zero-order valence-electron chi connectivity index (χ0n) is 26.3. The van der Waals surface area contributed by atoms with Crippen LogP contribution in [0.1, 0.15) is 139 Å². The van der Waals surface area contributed by atoms with Crippen molar-refractivity contribution in [1.29, 1.82) is 0 Å². The van der Waals surface area contributed by atoms with E-state index < -0.39 is 11.4 Å². The summed E-state index contributed by atoms with van der Waals surface area (Å²) in [6, 6.07) is 0. The predicted molar refractivity (Wildman–Crippen MR) is 156 cm³/mol. The first-order valence-corrected chi connectivity index (χ1v) is 16.2. The lowest BCUT2D eigenvalue weighted by Crippen LogP contribution is -2.66. The Balaban J connectivity index is 1.46. The van der Waals surface area contributed by atoms with Crippen molar-refractivity contribution in [3.8, 4) is 0 Å². The van der Waals surface area contributed by atoms with Crippen LogP contribution in [0.3, 0.4) is 0 Å². The van der Waals surface area contributed by atoms with Crippen LogP contribution in [0.25, 0.3) is 0 Å². The Hall–Kier alpha value is -1.32. The third-order valence-electron chi connectivity index (χ3n) is 14.0. The summed E-state index contributed by atoms with van der Waals surface area (Å²) in [6.07, 6.45) is 15.2. The largest absolute Gasteiger partial charge is 0.481 e. The molecule has 1 N–H and O–H groups in total. The van der Waals surface area contributed by atoms with E-state index in [1.165, 1.54) is 24.8 Å². The number of allylic oxidation sites excluding steroid dienone is 1. The molecule has 4 heteroatoms. The predicted octanol–water partition coefficient (Wildman–Crippen LogP) is 8.97. The summed E-state index contributed by atoms with van der Waals surface area (Å²) in [5.41, 5.74) is 1.21. The molecule has 5 rings (SSSR count). The number of ether oxygens (including phenoxy) is 1. The molecule has 5 aliphatic carbocycles. The molecule has 0 radical (unpaired) electrons. The third kappa shape index (κ3) is 4.10. The van der Waals surface area contributed by atoms with Crippen molar-refractivity contribution in [3.05, 3.63) is 11.6 Å². The highest BCUT2D eigenvalue weighted by molar-refractivity contribution is 5.80. The molecule has 39 heavy (non-hydrogen) atoms. The van der Waals surface area contributed by atoms with Gasteiger partial charge in [-0.3, -0.25) is 9.59 Å². The van der Waals surface area contributed by atoms with E-state index in [9.17, 15) is 14.7 Å². The standard InChI is InChI=1S/C35H56O4/c1-9-10-11-28(36)39-27-15-16-32(6)25(31(27,4)5)14-17-34(8)26(32)13-12-23-24-22-30(2,3)18-20-35(24,29(37)38)21-19-33(23,34)7/h22-23,25-27H,9-21H2,1-8H3,(H,37,38)/t23-,25+,26-,27+,32+,33-,34-,35+/m1/s1. The molecular formula is C35H56O4. The minimum Gasteiger partial charge on any atom is -0.481 e. The SMILES string of the molecule is CCCCC(=O)O[C@H]1CC[C@]2(C)[C@H]3CC[C@@H]4C5=CC(C)(C)CC[C@]5(C(=O)O)CC[C@@]4(C)[C@]3(C)CC[C@H]2C1(C)C. The molecule has 4 saturated carbocycles. The first-order chi connectivity index (χ1) is 18.1. The van der Waals surface area contributed by atoms with Gasteiger partial charge in [-0.2, -0.15) is 0 Å². The van der Waals surface area contributed by atoms with Crippen LogP contribution in [-0.4, -0.2) is 23.1 Å². The molecule has 4 nitrogen and oxygen atoms in total. The lowest BCUT2D eigenvalue weighted by Gasteiger charge is -2.72. The van der Waals surface area contributed by atoms with Gasteiger partial charge >= 0.3 is 11.9 Å². The molecule has 0 aromatic heterocycles. The van der Waals surface area contributed by atoms with Crippen molar-refractivity contribution >= 4 is 11.9 Å². The number of carbonyl (C=O) groups excluding carboxylic acids is 1. The average Bonchev–Trinajstić information content (AvgIpc) is 2.84. The summed E-state index contributed by atoms with van der Waals surface area (Å²) in [5, 5.41) is 10.6. The summed E-state index contributed by atoms with van der Waals surface area (Å²) in [6.45, 7) is 19.2. The van der Waals surface area contributed by atoms with Gasteiger partial charge in [0.25, 0.3) is 0 Å². The average molecular weight is 541 g/mol. The fourth-order valence-corrected chi connectivity index (χ4v) is 11.4. The second-order valence-corrected chi connectivity index (χ2v) is 16.5. The van der Waals surface area contributed by atoms with Crippen LogP contribution in [0, 0.1) is 50.2 Å². The van der Waals surface area contributed by atoms with Gasteiger partial charge in [0.05, 0.1) is 5.41 Å². The number of rotatable bonds is 5. The molecule has 0 saturated heterocycles. The Morgan fingerprint density at radius 2 is 1.54 bits per heavy atom. The molecule has 0 heterocycles. The Labute approximate surface area is 238 Å². The second kappa shape index (κ2) is 9.35. The minimum absolute atomic E-state index is 0.0108. The van der Waals surface area contributed by atoms with Gasteiger partial charge in [-0.25, -0.2) is 0 Å². The van der Waals surface area contributed by atoms with Crippen LogP contribution in [-0.2, 0) is 14.3 Å².